The highest BCUT2D eigenvalue weighted by Gasteiger charge is 2.37. The molecule has 0 radical (unpaired) electrons. The van der Waals surface area contributed by atoms with Crippen molar-refractivity contribution in [2.45, 2.75) is 50.6 Å². The van der Waals surface area contributed by atoms with Crippen LogP contribution < -0.4 is 4.74 Å². The molecule has 0 bridgehead atoms. The number of ether oxygens (including phenoxy) is 1. The molecule has 2 aromatic carbocycles. The van der Waals surface area contributed by atoms with Gasteiger partial charge in [0.2, 0.25) is 5.91 Å². The first-order valence-electron chi connectivity index (χ1n) is 9.27. The summed E-state index contributed by atoms with van der Waals surface area (Å²) in [6.07, 6.45) is 5.45. The van der Waals surface area contributed by atoms with Crippen LogP contribution in [0.1, 0.15) is 48.3 Å². The number of hydrogen-bond acceptors (Lipinski definition) is 2. The van der Waals surface area contributed by atoms with Crippen LogP contribution in [0.5, 0.6) is 5.75 Å². The van der Waals surface area contributed by atoms with Crippen LogP contribution in [0, 0.1) is 0 Å². The van der Waals surface area contributed by atoms with Crippen LogP contribution in [-0.2, 0) is 17.8 Å². The van der Waals surface area contributed by atoms with E-state index in [0.29, 0.717) is 18.5 Å². The largest absolute Gasteiger partial charge is 0.497 e. The van der Waals surface area contributed by atoms with Crippen molar-refractivity contribution < 1.29 is 9.53 Å². The smallest absolute Gasteiger partial charge is 0.230 e. The highest BCUT2D eigenvalue weighted by molar-refractivity contribution is 5.85. The normalized spacial score (nSPS) is 19.2. The molecule has 0 heterocycles. The molecule has 0 N–H and O–H groups in total. The molecule has 1 atom stereocenters. The first kappa shape index (κ1) is 16.2. The molecule has 1 saturated carbocycles. The Kier molecular flexibility index (Phi) is 4.48. The van der Waals surface area contributed by atoms with Crippen LogP contribution >= 0.6 is 0 Å². The highest BCUT2D eigenvalue weighted by atomic mass is 16.5. The van der Waals surface area contributed by atoms with Crippen LogP contribution in [0.25, 0.3) is 0 Å². The van der Waals surface area contributed by atoms with Gasteiger partial charge in [-0.15, -0.1) is 0 Å². The van der Waals surface area contributed by atoms with Crippen molar-refractivity contribution in [2.24, 2.45) is 0 Å². The van der Waals surface area contributed by atoms with Gasteiger partial charge in [0, 0.05) is 12.6 Å². The van der Waals surface area contributed by atoms with E-state index in [1.165, 1.54) is 16.7 Å². The Hall–Kier alpha value is -2.29. The molecule has 130 valence electrons. The lowest BCUT2D eigenvalue weighted by molar-refractivity contribution is -0.134. The van der Waals surface area contributed by atoms with Crippen molar-refractivity contribution in [2.75, 3.05) is 7.11 Å². The summed E-state index contributed by atoms with van der Waals surface area (Å²) in [5.74, 6) is 1.20. The van der Waals surface area contributed by atoms with E-state index in [-0.39, 0.29) is 5.92 Å². The summed E-state index contributed by atoms with van der Waals surface area (Å²) in [6.45, 7) is 0.701. The number of amides is 1. The van der Waals surface area contributed by atoms with Gasteiger partial charge in [-0.2, -0.15) is 0 Å². The van der Waals surface area contributed by atoms with Gasteiger partial charge in [0.05, 0.1) is 13.0 Å². The fraction of sp³-hybridized carbons (Fsp3) is 0.409. The third kappa shape index (κ3) is 3.41. The summed E-state index contributed by atoms with van der Waals surface area (Å²) in [4.78, 5) is 15.5. The topological polar surface area (TPSA) is 29.5 Å². The summed E-state index contributed by atoms with van der Waals surface area (Å²) in [5.41, 5.74) is 3.77. The minimum absolute atomic E-state index is 0.0313. The van der Waals surface area contributed by atoms with Crippen LogP contribution in [0.2, 0.25) is 0 Å². The van der Waals surface area contributed by atoms with Crippen molar-refractivity contribution in [3.8, 4) is 5.75 Å². The van der Waals surface area contributed by atoms with E-state index in [9.17, 15) is 4.79 Å². The number of carbonyl (C=O) groups excluding carboxylic acids is 1. The number of rotatable bonds is 5. The number of methoxy groups -OCH3 is 1. The summed E-state index contributed by atoms with van der Waals surface area (Å²) in [6, 6.07) is 17.0. The molecule has 3 nitrogen and oxygen atoms in total. The highest BCUT2D eigenvalue weighted by Crippen LogP contribution is 2.37. The van der Waals surface area contributed by atoms with E-state index in [1.54, 1.807) is 7.11 Å². The number of hydrogen-bond donors (Lipinski definition) is 0. The predicted octanol–water partition coefficient (Wildman–Crippen LogP) is 4.31. The molecule has 0 aliphatic heterocycles. The van der Waals surface area contributed by atoms with E-state index in [0.717, 1.165) is 37.9 Å². The van der Waals surface area contributed by atoms with Gasteiger partial charge < -0.3 is 9.64 Å². The maximum atomic E-state index is 13.4. The predicted molar refractivity (Wildman–Crippen MR) is 98.7 cm³/mol. The van der Waals surface area contributed by atoms with Gasteiger partial charge in [0.1, 0.15) is 5.75 Å². The SMILES string of the molecule is COc1ccc(CN(C(=O)C2CCCc3ccccc32)C2CC2)cc1. The molecule has 0 spiro atoms. The summed E-state index contributed by atoms with van der Waals surface area (Å²) in [7, 11) is 1.68. The van der Waals surface area contributed by atoms with E-state index < -0.39 is 0 Å². The standard InChI is InChI=1S/C22H25NO2/c1-25-19-13-9-16(10-14-19)15-23(18-11-12-18)22(24)21-8-4-6-17-5-2-3-7-20(17)21/h2-3,5,7,9-10,13-14,18,21H,4,6,8,11-12,15H2,1H3. The van der Waals surface area contributed by atoms with Gasteiger partial charge in [-0.05, 0) is 60.9 Å². The first-order chi connectivity index (χ1) is 12.3. The second-order valence-electron chi connectivity index (χ2n) is 7.19. The Balaban J connectivity index is 1.56. The zero-order chi connectivity index (χ0) is 17.2. The second-order valence-corrected chi connectivity index (χ2v) is 7.19. The lowest BCUT2D eigenvalue weighted by Crippen LogP contribution is -2.37. The van der Waals surface area contributed by atoms with Gasteiger partial charge in [0.15, 0.2) is 0 Å². The molecule has 25 heavy (non-hydrogen) atoms. The Morgan fingerprint density at radius 3 is 2.56 bits per heavy atom. The molecule has 3 heteroatoms. The van der Waals surface area contributed by atoms with Crippen molar-refractivity contribution in [1.82, 2.24) is 4.90 Å². The van der Waals surface area contributed by atoms with Gasteiger partial charge in [0.25, 0.3) is 0 Å². The van der Waals surface area contributed by atoms with E-state index in [1.807, 2.05) is 12.1 Å². The van der Waals surface area contributed by atoms with Crippen LogP contribution in [0.3, 0.4) is 0 Å². The van der Waals surface area contributed by atoms with Crippen molar-refractivity contribution in [3.05, 3.63) is 65.2 Å². The van der Waals surface area contributed by atoms with Crippen molar-refractivity contribution >= 4 is 5.91 Å². The maximum Gasteiger partial charge on any atom is 0.230 e. The first-order valence-corrected chi connectivity index (χ1v) is 9.27. The average Bonchev–Trinajstić information content (AvgIpc) is 3.50. The molecule has 2 aromatic rings. The molecule has 4 rings (SSSR count). The van der Waals surface area contributed by atoms with Crippen LogP contribution in [0.15, 0.2) is 48.5 Å². The van der Waals surface area contributed by atoms with E-state index in [2.05, 4.69) is 41.3 Å². The molecular weight excluding hydrogens is 310 g/mol. The third-order valence-electron chi connectivity index (χ3n) is 5.45. The average molecular weight is 335 g/mol. The third-order valence-corrected chi connectivity index (χ3v) is 5.45. The van der Waals surface area contributed by atoms with Gasteiger partial charge in [-0.3, -0.25) is 4.79 Å². The van der Waals surface area contributed by atoms with Crippen molar-refractivity contribution in [1.29, 1.82) is 0 Å². The Labute approximate surface area is 149 Å². The van der Waals surface area contributed by atoms with E-state index in [4.69, 9.17) is 4.74 Å². The molecule has 0 saturated heterocycles. The molecule has 1 amide bonds. The van der Waals surface area contributed by atoms with Gasteiger partial charge in [-0.1, -0.05) is 36.4 Å². The fourth-order valence-corrected chi connectivity index (χ4v) is 3.91. The fourth-order valence-electron chi connectivity index (χ4n) is 3.91. The van der Waals surface area contributed by atoms with Crippen LogP contribution in [0.4, 0.5) is 0 Å². The molecule has 1 unspecified atom stereocenters. The Bertz CT molecular complexity index is 749. The molecule has 0 aromatic heterocycles. The second kappa shape index (κ2) is 6.91. The number of benzene rings is 2. The maximum absolute atomic E-state index is 13.4. The zero-order valence-corrected chi connectivity index (χ0v) is 14.8. The van der Waals surface area contributed by atoms with Gasteiger partial charge >= 0.3 is 0 Å². The molecule has 2 aliphatic carbocycles. The quantitative estimate of drug-likeness (QED) is 0.815. The molecular formula is C22H25NO2. The van der Waals surface area contributed by atoms with Gasteiger partial charge in [-0.25, -0.2) is 0 Å². The lowest BCUT2D eigenvalue weighted by atomic mass is 9.82. The number of aryl methyl sites for hydroxylation is 1. The Morgan fingerprint density at radius 1 is 1.08 bits per heavy atom. The molecule has 2 aliphatic rings. The summed E-state index contributed by atoms with van der Waals surface area (Å²) >= 11 is 0. The zero-order valence-electron chi connectivity index (χ0n) is 14.8. The number of nitrogens with zero attached hydrogens (tertiary/aromatic N) is 1. The lowest BCUT2D eigenvalue weighted by Gasteiger charge is -2.31. The summed E-state index contributed by atoms with van der Waals surface area (Å²) < 4.78 is 5.24. The monoisotopic (exact) mass is 335 g/mol. The van der Waals surface area contributed by atoms with Crippen LogP contribution in [-0.4, -0.2) is 24.0 Å². The summed E-state index contributed by atoms with van der Waals surface area (Å²) in [5, 5.41) is 0. The minimum atomic E-state index is 0.0313. The van der Waals surface area contributed by atoms with E-state index >= 15 is 0 Å². The number of fused-ring (bicyclic) bond motifs is 1. The Morgan fingerprint density at radius 2 is 1.84 bits per heavy atom. The number of carbonyl (C=O) groups is 1. The molecule has 1 fully saturated rings. The minimum Gasteiger partial charge on any atom is -0.497 e. The van der Waals surface area contributed by atoms with Crippen molar-refractivity contribution in [3.63, 3.8) is 0 Å².